The number of hydrogen-bond acceptors (Lipinski definition) is 3. The van der Waals surface area contributed by atoms with Crippen molar-refractivity contribution in [3.63, 3.8) is 0 Å². The third-order valence-electron chi connectivity index (χ3n) is 4.04. The van der Waals surface area contributed by atoms with Crippen LogP contribution in [0.5, 0.6) is 0 Å². The number of piperidine rings is 1. The molecule has 2 heterocycles. The summed E-state index contributed by atoms with van der Waals surface area (Å²) in [6.45, 7) is 11.0. The zero-order valence-corrected chi connectivity index (χ0v) is 12.2. The van der Waals surface area contributed by atoms with Gasteiger partial charge in [0.25, 0.3) is 0 Å². The predicted molar refractivity (Wildman–Crippen MR) is 74.7 cm³/mol. The number of nitrogens with zero attached hydrogens (tertiary/aromatic N) is 3. The first-order valence-electron chi connectivity index (χ1n) is 7.06. The molecule has 0 radical (unpaired) electrons. The fraction of sp³-hybridized carbons (Fsp3) is 0.786. The molecule has 4 heteroatoms. The molecule has 102 valence electrons. The molecule has 0 amide bonds. The number of nitrogens with one attached hydrogen (secondary N) is 1. The lowest BCUT2D eigenvalue weighted by Gasteiger charge is -2.33. The van der Waals surface area contributed by atoms with Gasteiger partial charge < -0.3 is 5.32 Å². The van der Waals surface area contributed by atoms with Crippen molar-refractivity contribution < 1.29 is 0 Å². The van der Waals surface area contributed by atoms with Crippen LogP contribution < -0.4 is 5.32 Å². The molecule has 1 aliphatic heterocycles. The minimum Gasteiger partial charge on any atom is -0.313 e. The molecule has 0 bridgehead atoms. The Kier molecular flexibility index (Phi) is 4.40. The average Bonchev–Trinajstić information content (AvgIpc) is 2.57. The van der Waals surface area contributed by atoms with Gasteiger partial charge in [-0.15, -0.1) is 0 Å². The summed E-state index contributed by atoms with van der Waals surface area (Å²) in [6.07, 6.45) is 2.62. The summed E-state index contributed by atoms with van der Waals surface area (Å²) in [5, 5.41) is 8.08. The fourth-order valence-corrected chi connectivity index (χ4v) is 2.92. The number of likely N-dealkylation sites (tertiary alicyclic amines) is 1. The fourth-order valence-electron chi connectivity index (χ4n) is 2.92. The monoisotopic (exact) mass is 250 g/mol. The maximum atomic E-state index is 4.51. The molecule has 1 aromatic rings. The lowest BCUT2D eigenvalue weighted by Crippen LogP contribution is -2.45. The lowest BCUT2D eigenvalue weighted by atomic mass is 10.0. The highest BCUT2D eigenvalue weighted by molar-refractivity contribution is 5.24. The minimum absolute atomic E-state index is 0.668. The Balaban J connectivity index is 2.00. The van der Waals surface area contributed by atoms with Crippen molar-refractivity contribution in [2.24, 2.45) is 7.05 Å². The number of aryl methyl sites for hydroxylation is 2. The third-order valence-corrected chi connectivity index (χ3v) is 4.04. The summed E-state index contributed by atoms with van der Waals surface area (Å²) in [5.74, 6) is 0. The number of rotatable bonds is 4. The first kappa shape index (κ1) is 13.6. The van der Waals surface area contributed by atoms with Crippen molar-refractivity contribution in [1.82, 2.24) is 20.0 Å². The summed E-state index contributed by atoms with van der Waals surface area (Å²) in [4.78, 5) is 2.56. The highest BCUT2D eigenvalue weighted by Gasteiger charge is 2.21. The standard InChI is InChI=1S/C14H26N4/c1-5-15-13-7-6-8-18(9-13)10-14-11(2)16-17(4)12(14)3/h13,15H,5-10H2,1-4H3. The SMILES string of the molecule is CCNC1CCCN(Cc2c(C)nn(C)c2C)C1. The third kappa shape index (κ3) is 2.93. The molecular weight excluding hydrogens is 224 g/mol. The molecule has 1 atom stereocenters. The molecule has 0 spiro atoms. The van der Waals surface area contributed by atoms with Gasteiger partial charge in [-0.05, 0) is 39.8 Å². The van der Waals surface area contributed by atoms with Gasteiger partial charge in [-0.25, -0.2) is 0 Å². The molecular formula is C14H26N4. The van der Waals surface area contributed by atoms with Crippen LogP contribution in [0.25, 0.3) is 0 Å². The van der Waals surface area contributed by atoms with Crippen LogP contribution in [-0.2, 0) is 13.6 Å². The van der Waals surface area contributed by atoms with E-state index in [1.807, 2.05) is 11.7 Å². The van der Waals surface area contributed by atoms with Gasteiger partial charge in [0.05, 0.1) is 5.69 Å². The molecule has 1 saturated heterocycles. The predicted octanol–water partition coefficient (Wildman–Crippen LogP) is 1.61. The van der Waals surface area contributed by atoms with Crippen LogP contribution in [0.4, 0.5) is 0 Å². The summed E-state index contributed by atoms with van der Waals surface area (Å²) in [6, 6.07) is 0.668. The second kappa shape index (κ2) is 5.85. The zero-order valence-electron chi connectivity index (χ0n) is 12.2. The van der Waals surface area contributed by atoms with Gasteiger partial charge in [-0.1, -0.05) is 6.92 Å². The lowest BCUT2D eigenvalue weighted by molar-refractivity contribution is 0.184. The summed E-state index contributed by atoms with van der Waals surface area (Å²) in [5.41, 5.74) is 3.90. The van der Waals surface area contributed by atoms with Crippen molar-refractivity contribution in [3.05, 3.63) is 17.0 Å². The highest BCUT2D eigenvalue weighted by atomic mass is 15.3. The molecule has 1 aromatic heterocycles. The first-order chi connectivity index (χ1) is 8.61. The van der Waals surface area contributed by atoms with E-state index < -0.39 is 0 Å². The molecule has 1 fully saturated rings. The molecule has 0 saturated carbocycles. The maximum Gasteiger partial charge on any atom is 0.0641 e. The van der Waals surface area contributed by atoms with Gasteiger partial charge in [-0.2, -0.15) is 5.10 Å². The Morgan fingerprint density at radius 1 is 1.39 bits per heavy atom. The Bertz CT molecular complexity index is 395. The van der Waals surface area contributed by atoms with Crippen LogP contribution in [0.2, 0.25) is 0 Å². The van der Waals surface area contributed by atoms with Crippen molar-refractivity contribution in [2.45, 2.75) is 46.2 Å². The van der Waals surface area contributed by atoms with Crippen LogP contribution in [0, 0.1) is 13.8 Å². The van der Waals surface area contributed by atoms with Crippen LogP contribution >= 0.6 is 0 Å². The molecule has 1 N–H and O–H groups in total. The average molecular weight is 250 g/mol. The Labute approximate surface area is 110 Å². The summed E-state index contributed by atoms with van der Waals surface area (Å²) in [7, 11) is 2.03. The van der Waals surface area contributed by atoms with Crippen LogP contribution in [0.3, 0.4) is 0 Å². The van der Waals surface area contributed by atoms with Crippen molar-refractivity contribution in [2.75, 3.05) is 19.6 Å². The summed E-state index contributed by atoms with van der Waals surface area (Å²) >= 11 is 0. The van der Waals surface area contributed by atoms with Crippen LogP contribution in [-0.4, -0.2) is 40.4 Å². The van der Waals surface area contributed by atoms with E-state index in [0.717, 1.165) is 13.1 Å². The van der Waals surface area contributed by atoms with Gasteiger partial charge in [0.1, 0.15) is 0 Å². The second-order valence-electron chi connectivity index (χ2n) is 5.40. The Morgan fingerprint density at radius 2 is 2.17 bits per heavy atom. The van der Waals surface area contributed by atoms with E-state index in [4.69, 9.17) is 0 Å². The topological polar surface area (TPSA) is 33.1 Å². The van der Waals surface area contributed by atoms with E-state index in [9.17, 15) is 0 Å². The normalized spacial score (nSPS) is 21.4. The van der Waals surface area contributed by atoms with Gasteiger partial charge in [-0.3, -0.25) is 9.58 Å². The van der Waals surface area contributed by atoms with Gasteiger partial charge in [0.2, 0.25) is 0 Å². The minimum atomic E-state index is 0.668. The largest absolute Gasteiger partial charge is 0.313 e. The van der Waals surface area contributed by atoms with Crippen LogP contribution in [0.1, 0.15) is 36.7 Å². The molecule has 1 unspecified atom stereocenters. The van der Waals surface area contributed by atoms with E-state index in [0.29, 0.717) is 6.04 Å². The molecule has 18 heavy (non-hydrogen) atoms. The smallest absolute Gasteiger partial charge is 0.0641 e. The Morgan fingerprint density at radius 3 is 2.78 bits per heavy atom. The van der Waals surface area contributed by atoms with E-state index in [1.54, 1.807) is 0 Å². The maximum absolute atomic E-state index is 4.51. The number of likely N-dealkylation sites (N-methyl/N-ethyl adjacent to an activating group) is 1. The van der Waals surface area contributed by atoms with Crippen LogP contribution in [0.15, 0.2) is 0 Å². The number of hydrogen-bond donors (Lipinski definition) is 1. The van der Waals surface area contributed by atoms with Gasteiger partial charge in [0.15, 0.2) is 0 Å². The van der Waals surface area contributed by atoms with Gasteiger partial charge >= 0.3 is 0 Å². The molecule has 0 aliphatic carbocycles. The van der Waals surface area contributed by atoms with Gasteiger partial charge in [0, 0.05) is 37.4 Å². The molecule has 2 rings (SSSR count). The zero-order chi connectivity index (χ0) is 13.1. The summed E-state index contributed by atoms with van der Waals surface area (Å²) < 4.78 is 2.00. The highest BCUT2D eigenvalue weighted by Crippen LogP contribution is 2.18. The van der Waals surface area contributed by atoms with E-state index in [1.165, 1.54) is 42.9 Å². The van der Waals surface area contributed by atoms with E-state index in [2.05, 4.69) is 36.1 Å². The molecule has 4 nitrogen and oxygen atoms in total. The van der Waals surface area contributed by atoms with E-state index in [-0.39, 0.29) is 0 Å². The Hall–Kier alpha value is -0.870. The quantitative estimate of drug-likeness (QED) is 0.881. The van der Waals surface area contributed by atoms with Crippen molar-refractivity contribution in [3.8, 4) is 0 Å². The van der Waals surface area contributed by atoms with E-state index >= 15 is 0 Å². The van der Waals surface area contributed by atoms with Crippen molar-refractivity contribution in [1.29, 1.82) is 0 Å². The first-order valence-corrected chi connectivity index (χ1v) is 7.06. The second-order valence-corrected chi connectivity index (χ2v) is 5.40. The van der Waals surface area contributed by atoms with Crippen molar-refractivity contribution >= 4 is 0 Å². The molecule has 0 aromatic carbocycles. The molecule has 1 aliphatic rings. The number of aromatic nitrogens is 2.